The molecule has 0 aliphatic carbocycles. The number of nitrogens with zero attached hydrogens (tertiary/aromatic N) is 4. The molecule has 0 radical (unpaired) electrons. The van der Waals surface area contributed by atoms with Crippen molar-refractivity contribution in [3.63, 3.8) is 0 Å². The Morgan fingerprint density at radius 3 is 2.80 bits per heavy atom. The minimum atomic E-state index is -4.81. The standard InChI is InChI=1S/C15H15ClF3N5O/c16-11-4-1-5-21-13(11)24-12(15(17,18)19)10(7-22-24)14(25)23-6-2-3-9(20)8-23/h1,4-5,7,9H,2-3,6,8,20H2/t9-/m1/s1. The second-order valence-corrected chi connectivity index (χ2v) is 6.19. The first kappa shape index (κ1) is 17.7. The van der Waals surface area contributed by atoms with Crippen LogP contribution in [0.5, 0.6) is 0 Å². The summed E-state index contributed by atoms with van der Waals surface area (Å²) in [4.78, 5) is 17.8. The van der Waals surface area contributed by atoms with E-state index < -0.39 is 23.3 Å². The van der Waals surface area contributed by atoms with Crippen LogP contribution >= 0.6 is 11.6 Å². The Morgan fingerprint density at radius 1 is 1.40 bits per heavy atom. The van der Waals surface area contributed by atoms with Crippen molar-refractivity contribution in [1.82, 2.24) is 19.7 Å². The van der Waals surface area contributed by atoms with Crippen molar-refractivity contribution in [2.24, 2.45) is 5.73 Å². The summed E-state index contributed by atoms with van der Waals surface area (Å²) in [6.07, 6.45) is -1.22. The number of piperidine rings is 1. The number of aromatic nitrogens is 3. The maximum Gasteiger partial charge on any atom is 0.434 e. The first-order valence-electron chi connectivity index (χ1n) is 7.60. The fourth-order valence-corrected chi connectivity index (χ4v) is 3.04. The molecule has 1 saturated heterocycles. The van der Waals surface area contributed by atoms with E-state index in [9.17, 15) is 18.0 Å². The lowest BCUT2D eigenvalue weighted by Crippen LogP contribution is -2.46. The summed E-state index contributed by atoms with van der Waals surface area (Å²) in [5.41, 5.74) is 4.08. The van der Waals surface area contributed by atoms with Crippen LogP contribution in [0.1, 0.15) is 28.9 Å². The van der Waals surface area contributed by atoms with Crippen LogP contribution in [-0.4, -0.2) is 44.7 Å². The van der Waals surface area contributed by atoms with E-state index in [-0.39, 0.29) is 23.4 Å². The maximum absolute atomic E-state index is 13.6. The third-order valence-electron chi connectivity index (χ3n) is 3.95. The highest BCUT2D eigenvalue weighted by molar-refractivity contribution is 6.32. The van der Waals surface area contributed by atoms with Gasteiger partial charge >= 0.3 is 6.18 Å². The number of carbonyl (C=O) groups is 1. The number of rotatable bonds is 2. The number of carbonyl (C=O) groups excluding carboxylic acids is 1. The van der Waals surface area contributed by atoms with Gasteiger partial charge in [0.15, 0.2) is 11.5 Å². The molecular weight excluding hydrogens is 359 g/mol. The molecule has 0 bridgehead atoms. The molecule has 3 heterocycles. The molecule has 10 heteroatoms. The zero-order valence-electron chi connectivity index (χ0n) is 13.0. The summed E-state index contributed by atoms with van der Waals surface area (Å²) >= 11 is 5.93. The predicted molar refractivity (Wildman–Crippen MR) is 84.5 cm³/mol. The van der Waals surface area contributed by atoms with Crippen LogP contribution in [0, 0.1) is 0 Å². The van der Waals surface area contributed by atoms with Gasteiger partial charge in [0.25, 0.3) is 5.91 Å². The van der Waals surface area contributed by atoms with E-state index in [4.69, 9.17) is 17.3 Å². The number of hydrogen-bond donors (Lipinski definition) is 1. The van der Waals surface area contributed by atoms with Crippen LogP contribution in [0.25, 0.3) is 5.82 Å². The Bertz CT molecular complexity index is 792. The van der Waals surface area contributed by atoms with Gasteiger partial charge in [-0.1, -0.05) is 11.6 Å². The number of amides is 1. The fourth-order valence-electron chi connectivity index (χ4n) is 2.84. The Hall–Kier alpha value is -2.13. The smallest absolute Gasteiger partial charge is 0.337 e. The van der Waals surface area contributed by atoms with E-state index in [1.807, 2.05) is 0 Å². The lowest BCUT2D eigenvalue weighted by molar-refractivity contribution is -0.143. The normalized spacial score (nSPS) is 18.4. The molecule has 1 amide bonds. The van der Waals surface area contributed by atoms with E-state index in [1.54, 1.807) is 0 Å². The molecule has 0 spiro atoms. The van der Waals surface area contributed by atoms with Gasteiger partial charge in [0.1, 0.15) is 0 Å². The third kappa shape index (κ3) is 3.47. The fraction of sp³-hybridized carbons (Fsp3) is 0.400. The average molecular weight is 374 g/mol. The average Bonchev–Trinajstić information content (AvgIpc) is 2.99. The highest BCUT2D eigenvalue weighted by atomic mass is 35.5. The molecule has 1 aliphatic heterocycles. The first-order chi connectivity index (χ1) is 11.8. The van der Waals surface area contributed by atoms with Gasteiger partial charge in [0.05, 0.1) is 16.8 Å². The summed E-state index contributed by atoms with van der Waals surface area (Å²) in [5, 5.41) is 3.72. The number of likely N-dealkylation sites (tertiary alicyclic amines) is 1. The van der Waals surface area contributed by atoms with E-state index in [0.717, 1.165) is 12.6 Å². The Morgan fingerprint density at radius 2 is 2.16 bits per heavy atom. The zero-order valence-corrected chi connectivity index (χ0v) is 13.8. The lowest BCUT2D eigenvalue weighted by atomic mass is 10.1. The van der Waals surface area contributed by atoms with E-state index in [1.165, 1.54) is 23.2 Å². The van der Waals surface area contributed by atoms with Crippen LogP contribution in [0.2, 0.25) is 5.02 Å². The minimum absolute atomic E-state index is 0.00454. The van der Waals surface area contributed by atoms with Crippen molar-refractivity contribution in [1.29, 1.82) is 0 Å². The molecule has 6 nitrogen and oxygen atoms in total. The van der Waals surface area contributed by atoms with Gasteiger partial charge in [0, 0.05) is 25.3 Å². The van der Waals surface area contributed by atoms with Gasteiger partial charge in [-0.3, -0.25) is 4.79 Å². The monoisotopic (exact) mass is 373 g/mol. The molecule has 2 aromatic rings. The predicted octanol–water partition coefficient (Wildman–Crippen LogP) is 2.50. The lowest BCUT2D eigenvalue weighted by Gasteiger charge is -2.30. The summed E-state index contributed by atoms with van der Waals surface area (Å²) in [7, 11) is 0. The van der Waals surface area contributed by atoms with Gasteiger partial charge in [-0.15, -0.1) is 0 Å². The van der Waals surface area contributed by atoms with Gasteiger partial charge < -0.3 is 10.6 Å². The summed E-state index contributed by atoms with van der Waals surface area (Å²) < 4.78 is 41.5. The SMILES string of the molecule is N[C@@H]1CCCN(C(=O)c2cnn(-c3ncccc3Cl)c2C(F)(F)F)C1. The highest BCUT2D eigenvalue weighted by Crippen LogP contribution is 2.35. The number of hydrogen-bond acceptors (Lipinski definition) is 4. The van der Waals surface area contributed by atoms with Crippen LogP contribution in [0.3, 0.4) is 0 Å². The first-order valence-corrected chi connectivity index (χ1v) is 7.98. The van der Waals surface area contributed by atoms with Crippen molar-refractivity contribution in [2.75, 3.05) is 13.1 Å². The van der Waals surface area contributed by atoms with Crippen molar-refractivity contribution in [3.05, 3.63) is 40.8 Å². The molecule has 134 valence electrons. The van der Waals surface area contributed by atoms with Gasteiger partial charge in [0.2, 0.25) is 0 Å². The van der Waals surface area contributed by atoms with Crippen LogP contribution in [0.15, 0.2) is 24.5 Å². The van der Waals surface area contributed by atoms with Crippen LogP contribution in [-0.2, 0) is 6.18 Å². The van der Waals surface area contributed by atoms with E-state index in [2.05, 4.69) is 10.1 Å². The van der Waals surface area contributed by atoms with Crippen LogP contribution < -0.4 is 5.73 Å². The number of pyridine rings is 1. The maximum atomic E-state index is 13.6. The van der Waals surface area contributed by atoms with E-state index in [0.29, 0.717) is 17.6 Å². The Kier molecular flexibility index (Phi) is 4.70. The quantitative estimate of drug-likeness (QED) is 0.877. The molecule has 3 rings (SSSR count). The summed E-state index contributed by atoms with van der Waals surface area (Å²) in [5.74, 6) is -0.938. The molecule has 1 fully saturated rings. The largest absolute Gasteiger partial charge is 0.434 e. The van der Waals surface area contributed by atoms with Gasteiger partial charge in [-0.2, -0.15) is 18.3 Å². The second-order valence-electron chi connectivity index (χ2n) is 5.78. The van der Waals surface area contributed by atoms with Crippen molar-refractivity contribution >= 4 is 17.5 Å². The third-order valence-corrected chi connectivity index (χ3v) is 4.25. The number of halogens is 4. The number of nitrogens with two attached hydrogens (primary N) is 1. The van der Waals surface area contributed by atoms with Gasteiger partial charge in [-0.05, 0) is 25.0 Å². The highest BCUT2D eigenvalue weighted by Gasteiger charge is 2.42. The van der Waals surface area contributed by atoms with E-state index >= 15 is 0 Å². The molecule has 2 aromatic heterocycles. The molecule has 0 aromatic carbocycles. The Balaban J connectivity index is 2.06. The number of alkyl halides is 3. The summed E-state index contributed by atoms with van der Waals surface area (Å²) in [6, 6.07) is 2.65. The molecular formula is C15H15ClF3N5O. The molecule has 1 atom stereocenters. The topological polar surface area (TPSA) is 77.0 Å². The molecule has 25 heavy (non-hydrogen) atoms. The second kappa shape index (κ2) is 6.64. The minimum Gasteiger partial charge on any atom is -0.337 e. The van der Waals surface area contributed by atoms with Crippen molar-refractivity contribution in [3.8, 4) is 5.82 Å². The molecule has 0 saturated carbocycles. The molecule has 0 unspecified atom stereocenters. The van der Waals surface area contributed by atoms with Gasteiger partial charge in [-0.25, -0.2) is 9.67 Å². The Labute approximate surface area is 146 Å². The molecule has 1 aliphatic rings. The summed E-state index contributed by atoms with van der Waals surface area (Å²) in [6.45, 7) is 0.574. The molecule has 2 N–H and O–H groups in total. The zero-order chi connectivity index (χ0) is 18.2. The van der Waals surface area contributed by atoms with Crippen molar-refractivity contribution in [2.45, 2.75) is 25.1 Å². The van der Waals surface area contributed by atoms with Crippen molar-refractivity contribution < 1.29 is 18.0 Å². The van der Waals surface area contributed by atoms with Crippen LogP contribution in [0.4, 0.5) is 13.2 Å².